The molecule has 3 aromatic carbocycles. The molecule has 8 nitrogen and oxygen atoms in total. The third-order valence-electron chi connectivity index (χ3n) is 9.66. The SMILES string of the molecule is CC(C)[C@H](CO)N1C(=O)[C@@H]2[C@H](C(=O)Nc3ccccc3)[C@@]3(C)OC2(CC3C)C1C(=O)Nc1ccc2ccccc2c1. The number of aliphatic hydroxyl groups excluding tert-OH is 1. The normalized spacial score (nSPS) is 31.0. The summed E-state index contributed by atoms with van der Waals surface area (Å²) in [6.45, 7) is 7.44. The van der Waals surface area contributed by atoms with Crippen LogP contribution in [0.4, 0.5) is 11.4 Å². The van der Waals surface area contributed by atoms with E-state index in [9.17, 15) is 19.5 Å². The number of nitrogens with zero attached hydrogens (tertiary/aromatic N) is 1. The number of amides is 3. The van der Waals surface area contributed by atoms with Crippen LogP contribution in [0, 0.1) is 23.7 Å². The average molecular weight is 556 g/mol. The molecule has 3 aromatic rings. The van der Waals surface area contributed by atoms with Crippen LogP contribution in [0.15, 0.2) is 72.8 Å². The number of aliphatic hydroxyl groups is 1. The average Bonchev–Trinajstić information content (AvgIpc) is 3.46. The van der Waals surface area contributed by atoms with Crippen LogP contribution in [0.5, 0.6) is 0 Å². The van der Waals surface area contributed by atoms with Crippen molar-refractivity contribution in [3.8, 4) is 0 Å². The Hall–Kier alpha value is -3.75. The second-order valence-electron chi connectivity index (χ2n) is 12.3. The first-order chi connectivity index (χ1) is 19.6. The quantitative estimate of drug-likeness (QED) is 0.400. The predicted molar refractivity (Wildman–Crippen MR) is 157 cm³/mol. The first-order valence-corrected chi connectivity index (χ1v) is 14.4. The number of likely N-dealkylation sites (tertiary alicyclic amines) is 1. The Morgan fingerprint density at radius 3 is 2.32 bits per heavy atom. The van der Waals surface area contributed by atoms with Crippen LogP contribution in [0.3, 0.4) is 0 Å². The number of carbonyl (C=O) groups excluding carboxylic acids is 3. The monoisotopic (exact) mass is 555 g/mol. The van der Waals surface area contributed by atoms with Gasteiger partial charge in [-0.2, -0.15) is 0 Å². The summed E-state index contributed by atoms with van der Waals surface area (Å²) in [7, 11) is 0. The van der Waals surface area contributed by atoms with Crippen molar-refractivity contribution < 1.29 is 24.2 Å². The molecule has 41 heavy (non-hydrogen) atoms. The second kappa shape index (κ2) is 9.96. The van der Waals surface area contributed by atoms with Gasteiger partial charge in [-0.05, 0) is 60.2 Å². The van der Waals surface area contributed by atoms with Crippen molar-refractivity contribution in [3.05, 3.63) is 72.8 Å². The van der Waals surface area contributed by atoms with E-state index < -0.39 is 35.1 Å². The lowest BCUT2D eigenvalue weighted by molar-refractivity contribution is -0.149. The van der Waals surface area contributed by atoms with Gasteiger partial charge in [0.05, 0.1) is 30.1 Å². The van der Waals surface area contributed by atoms with Crippen molar-refractivity contribution in [1.82, 2.24) is 4.90 Å². The molecule has 3 aliphatic heterocycles. The molecule has 3 amide bonds. The van der Waals surface area contributed by atoms with Crippen molar-refractivity contribution in [2.24, 2.45) is 23.7 Å². The Kier molecular flexibility index (Phi) is 6.66. The third kappa shape index (κ3) is 4.15. The predicted octanol–water partition coefficient (Wildman–Crippen LogP) is 4.44. The lowest BCUT2D eigenvalue weighted by Crippen LogP contribution is -2.57. The van der Waals surface area contributed by atoms with Gasteiger partial charge in [0.15, 0.2) is 0 Å². The van der Waals surface area contributed by atoms with Gasteiger partial charge in [0.2, 0.25) is 17.7 Å². The number of hydrogen-bond acceptors (Lipinski definition) is 5. The summed E-state index contributed by atoms with van der Waals surface area (Å²) in [6, 6.07) is 21.1. The van der Waals surface area contributed by atoms with Gasteiger partial charge in [-0.25, -0.2) is 0 Å². The van der Waals surface area contributed by atoms with Crippen LogP contribution in [-0.4, -0.2) is 57.6 Å². The molecule has 0 saturated carbocycles. The number of benzene rings is 3. The van der Waals surface area contributed by atoms with Gasteiger partial charge in [0.25, 0.3) is 0 Å². The fraction of sp³-hybridized carbons (Fsp3) is 0.424. The number of carbonyl (C=O) groups is 3. The zero-order valence-electron chi connectivity index (χ0n) is 23.8. The van der Waals surface area contributed by atoms with Crippen molar-refractivity contribution >= 4 is 39.9 Å². The molecule has 3 fully saturated rings. The maximum atomic E-state index is 14.4. The topological polar surface area (TPSA) is 108 Å². The smallest absolute Gasteiger partial charge is 0.250 e. The van der Waals surface area contributed by atoms with Gasteiger partial charge in [-0.15, -0.1) is 0 Å². The Morgan fingerprint density at radius 1 is 0.976 bits per heavy atom. The summed E-state index contributed by atoms with van der Waals surface area (Å²) in [5, 5.41) is 18.5. The van der Waals surface area contributed by atoms with E-state index >= 15 is 0 Å². The summed E-state index contributed by atoms with van der Waals surface area (Å²) in [5.41, 5.74) is -0.892. The maximum Gasteiger partial charge on any atom is 0.250 e. The van der Waals surface area contributed by atoms with Crippen LogP contribution in [0.2, 0.25) is 0 Å². The number of anilines is 2. The number of hydrogen-bond donors (Lipinski definition) is 3. The van der Waals surface area contributed by atoms with Gasteiger partial charge >= 0.3 is 0 Å². The lowest BCUT2D eigenvalue weighted by atomic mass is 9.62. The van der Waals surface area contributed by atoms with E-state index in [4.69, 9.17) is 4.74 Å². The molecule has 3 N–H and O–H groups in total. The van der Waals surface area contributed by atoms with E-state index in [-0.39, 0.29) is 36.2 Å². The highest BCUT2D eigenvalue weighted by Gasteiger charge is 2.80. The Balaban J connectivity index is 1.41. The maximum absolute atomic E-state index is 14.4. The standard InChI is InChI=1S/C33H37N3O5/c1-19(2)25(18-37)36-28(30(39)35-24-15-14-21-10-8-9-11-22(21)16-24)33-17-20(3)32(4,41-33)26(27(33)31(36)40)29(38)34-23-12-6-5-7-13-23/h5-16,19-20,25-28,37H,17-18H2,1-4H3,(H,34,38)(H,35,39)/t20?,25-,26+,27-,28?,32-,33?/m0/s1. The number of nitrogens with one attached hydrogen (secondary N) is 2. The molecule has 8 heteroatoms. The Labute approximate surface area is 240 Å². The van der Waals surface area contributed by atoms with Gasteiger partial charge in [0.1, 0.15) is 11.6 Å². The molecule has 3 aliphatic rings. The molecule has 3 unspecified atom stereocenters. The molecular weight excluding hydrogens is 518 g/mol. The van der Waals surface area contributed by atoms with E-state index in [1.165, 1.54) is 4.90 Å². The summed E-state index contributed by atoms with van der Waals surface area (Å²) in [6.07, 6.45) is 0.456. The van der Waals surface area contributed by atoms with E-state index in [0.29, 0.717) is 17.8 Å². The number of fused-ring (bicyclic) bond motifs is 2. The van der Waals surface area contributed by atoms with E-state index in [1.54, 1.807) is 12.1 Å². The van der Waals surface area contributed by atoms with Gasteiger partial charge < -0.3 is 25.4 Å². The molecular formula is C33H37N3O5. The fourth-order valence-corrected chi connectivity index (χ4v) is 7.57. The minimum atomic E-state index is -1.20. The fourth-order valence-electron chi connectivity index (χ4n) is 7.57. The third-order valence-corrected chi connectivity index (χ3v) is 9.66. The van der Waals surface area contributed by atoms with Crippen LogP contribution in [0.25, 0.3) is 10.8 Å². The lowest BCUT2D eigenvalue weighted by Gasteiger charge is -2.38. The molecule has 3 saturated heterocycles. The van der Waals surface area contributed by atoms with Crippen LogP contribution in [0.1, 0.15) is 34.1 Å². The highest BCUT2D eigenvalue weighted by Crippen LogP contribution is 2.65. The Bertz CT molecular complexity index is 1510. The zero-order valence-corrected chi connectivity index (χ0v) is 23.8. The largest absolute Gasteiger partial charge is 0.394 e. The highest BCUT2D eigenvalue weighted by molar-refractivity contribution is 6.06. The minimum Gasteiger partial charge on any atom is -0.394 e. The number of para-hydroxylation sites is 1. The Morgan fingerprint density at radius 2 is 1.63 bits per heavy atom. The van der Waals surface area contributed by atoms with Crippen LogP contribution >= 0.6 is 0 Å². The molecule has 0 aliphatic carbocycles. The molecule has 0 radical (unpaired) electrons. The molecule has 1 spiro atoms. The van der Waals surface area contributed by atoms with Gasteiger partial charge in [-0.3, -0.25) is 14.4 Å². The zero-order chi connectivity index (χ0) is 29.1. The number of ether oxygens (including phenoxy) is 1. The summed E-state index contributed by atoms with van der Waals surface area (Å²) < 4.78 is 6.81. The van der Waals surface area contributed by atoms with Crippen molar-refractivity contribution in [3.63, 3.8) is 0 Å². The first-order valence-electron chi connectivity index (χ1n) is 14.4. The molecule has 3 heterocycles. The van der Waals surface area contributed by atoms with Gasteiger partial charge in [0, 0.05) is 11.4 Å². The van der Waals surface area contributed by atoms with E-state index in [0.717, 1.165) is 10.8 Å². The summed E-state index contributed by atoms with van der Waals surface area (Å²) in [4.78, 5) is 44.1. The molecule has 214 valence electrons. The first kappa shape index (κ1) is 27.4. The summed E-state index contributed by atoms with van der Waals surface area (Å²) in [5.74, 6) is -2.86. The second-order valence-corrected chi connectivity index (χ2v) is 12.3. The summed E-state index contributed by atoms with van der Waals surface area (Å²) >= 11 is 0. The van der Waals surface area contributed by atoms with Crippen LogP contribution in [-0.2, 0) is 19.1 Å². The van der Waals surface area contributed by atoms with Crippen LogP contribution < -0.4 is 10.6 Å². The molecule has 0 aromatic heterocycles. The van der Waals surface area contributed by atoms with E-state index in [2.05, 4.69) is 10.6 Å². The van der Waals surface area contributed by atoms with Crippen molar-refractivity contribution in [1.29, 1.82) is 0 Å². The molecule has 7 atom stereocenters. The van der Waals surface area contributed by atoms with Crippen molar-refractivity contribution in [2.45, 2.75) is 57.4 Å². The van der Waals surface area contributed by atoms with E-state index in [1.807, 2.05) is 88.4 Å². The molecule has 2 bridgehead atoms. The van der Waals surface area contributed by atoms with Gasteiger partial charge in [-0.1, -0.05) is 69.3 Å². The minimum absolute atomic E-state index is 0.0828. The highest BCUT2D eigenvalue weighted by atomic mass is 16.5. The molecule has 6 rings (SSSR count). The van der Waals surface area contributed by atoms with Crippen molar-refractivity contribution in [2.75, 3.05) is 17.2 Å². The number of rotatable bonds is 7.